The van der Waals surface area contributed by atoms with Crippen LogP contribution in [0.25, 0.3) is 37.8 Å². The van der Waals surface area contributed by atoms with Gasteiger partial charge in [0.2, 0.25) is 4.96 Å². The zero-order valence-electron chi connectivity index (χ0n) is 13.7. The maximum atomic E-state index is 4.81. The third-order valence-corrected chi connectivity index (χ3v) is 5.80. The van der Waals surface area contributed by atoms with Crippen LogP contribution < -0.4 is 0 Å². The maximum Gasteiger partial charge on any atom is 0.235 e. The number of nitrogens with zero attached hydrogens (tertiary/aromatic N) is 5. The number of rotatable bonds is 2. The minimum Gasteiger partial charge on any atom is -0.253 e. The van der Waals surface area contributed by atoms with E-state index in [0.717, 1.165) is 48.0 Å². The Hall–Kier alpha value is -2.64. The van der Waals surface area contributed by atoms with Crippen LogP contribution in [0.2, 0.25) is 0 Å². The van der Waals surface area contributed by atoms with Gasteiger partial charge in [0.15, 0.2) is 5.82 Å². The lowest BCUT2D eigenvalue weighted by atomic mass is 10.1. The van der Waals surface area contributed by atoms with Crippen molar-refractivity contribution in [3.05, 3.63) is 64.8 Å². The normalized spacial score (nSPS) is 11.5. The fourth-order valence-corrected chi connectivity index (χ4v) is 4.35. The van der Waals surface area contributed by atoms with Crippen molar-refractivity contribution in [1.29, 1.82) is 0 Å². The predicted octanol–water partition coefficient (Wildman–Crippen LogP) is 5.14. The number of hydrogen-bond donors (Lipinski definition) is 0. The van der Waals surface area contributed by atoms with Gasteiger partial charge in [-0.05, 0) is 31.2 Å². The summed E-state index contributed by atoms with van der Waals surface area (Å²) in [6.07, 6.45) is 0. The van der Waals surface area contributed by atoms with E-state index in [2.05, 4.69) is 43.2 Å². The van der Waals surface area contributed by atoms with Gasteiger partial charge in [0, 0.05) is 26.7 Å². The van der Waals surface area contributed by atoms with Crippen LogP contribution in [0, 0.1) is 6.92 Å². The van der Waals surface area contributed by atoms with Gasteiger partial charge in [0.05, 0.1) is 5.52 Å². The molecule has 5 rings (SSSR count). The number of hydrogen-bond acceptors (Lipinski definition) is 5. The molecule has 0 aliphatic heterocycles. The molecule has 0 saturated heterocycles. The van der Waals surface area contributed by atoms with Gasteiger partial charge in [-0.3, -0.25) is 4.98 Å². The Morgan fingerprint density at radius 3 is 2.65 bits per heavy atom. The molecule has 0 aliphatic rings. The molecule has 0 saturated carbocycles. The summed E-state index contributed by atoms with van der Waals surface area (Å²) in [4.78, 5) is 5.38. The number of aryl methyl sites for hydroxylation is 1. The molecular weight excluding hydrogens is 410 g/mol. The first kappa shape index (κ1) is 15.6. The van der Waals surface area contributed by atoms with Crippen molar-refractivity contribution >= 4 is 43.1 Å². The van der Waals surface area contributed by atoms with Crippen molar-refractivity contribution in [2.75, 3.05) is 0 Å². The highest BCUT2D eigenvalue weighted by Gasteiger charge is 2.17. The van der Waals surface area contributed by atoms with Crippen LogP contribution in [0.5, 0.6) is 0 Å². The Kier molecular flexibility index (Phi) is 3.58. The molecule has 5 nitrogen and oxygen atoms in total. The van der Waals surface area contributed by atoms with E-state index in [-0.39, 0.29) is 0 Å². The van der Waals surface area contributed by atoms with Crippen molar-refractivity contribution in [3.8, 4) is 22.0 Å². The summed E-state index contributed by atoms with van der Waals surface area (Å²) in [5, 5.41) is 15.4. The van der Waals surface area contributed by atoms with E-state index >= 15 is 0 Å². The summed E-state index contributed by atoms with van der Waals surface area (Å²) in [6, 6.07) is 18.2. The minimum absolute atomic E-state index is 0.727. The molecule has 0 N–H and O–H groups in total. The number of fused-ring (bicyclic) bond motifs is 2. The molecule has 3 aromatic heterocycles. The third-order valence-electron chi connectivity index (χ3n) is 4.18. The van der Waals surface area contributed by atoms with Gasteiger partial charge in [0.25, 0.3) is 0 Å². The third kappa shape index (κ3) is 2.43. The topological polar surface area (TPSA) is 56.0 Å². The Balaban J connectivity index is 1.75. The Labute approximate surface area is 161 Å². The highest BCUT2D eigenvalue weighted by Crippen LogP contribution is 2.34. The van der Waals surface area contributed by atoms with Gasteiger partial charge < -0.3 is 0 Å². The standard InChI is InChI=1S/C19H12BrN5S/c1-11-10-14(12-6-3-5-9-16(12)21-11)18-24-25-17(22-23-19(25)26-18)13-7-2-4-8-15(13)20/h2-10H,1H3. The van der Waals surface area contributed by atoms with Crippen molar-refractivity contribution in [2.24, 2.45) is 0 Å². The first-order valence-electron chi connectivity index (χ1n) is 8.04. The zero-order chi connectivity index (χ0) is 17.7. The van der Waals surface area contributed by atoms with Crippen molar-refractivity contribution in [2.45, 2.75) is 6.92 Å². The molecule has 0 atom stereocenters. The van der Waals surface area contributed by atoms with Gasteiger partial charge >= 0.3 is 0 Å². The molecule has 2 aromatic carbocycles. The molecule has 126 valence electrons. The van der Waals surface area contributed by atoms with Gasteiger partial charge in [-0.1, -0.05) is 57.6 Å². The lowest BCUT2D eigenvalue weighted by molar-refractivity contribution is 0.970. The van der Waals surface area contributed by atoms with Gasteiger partial charge in [-0.15, -0.1) is 10.2 Å². The van der Waals surface area contributed by atoms with Crippen LogP contribution in [0.1, 0.15) is 5.69 Å². The van der Waals surface area contributed by atoms with E-state index < -0.39 is 0 Å². The summed E-state index contributed by atoms with van der Waals surface area (Å²) in [6.45, 7) is 2.00. The maximum absolute atomic E-state index is 4.81. The quantitative estimate of drug-likeness (QED) is 0.395. The van der Waals surface area contributed by atoms with Crippen molar-refractivity contribution < 1.29 is 0 Å². The summed E-state index contributed by atoms with van der Waals surface area (Å²) < 4.78 is 2.78. The monoisotopic (exact) mass is 421 g/mol. The SMILES string of the molecule is Cc1cc(-c2nn3c(-c4ccccc4Br)nnc3s2)c2ccccc2n1. The molecule has 0 amide bonds. The molecular formula is C19H12BrN5S. The van der Waals surface area contributed by atoms with Crippen LogP contribution in [-0.2, 0) is 0 Å². The van der Waals surface area contributed by atoms with Gasteiger partial charge in [0.1, 0.15) is 5.01 Å². The predicted molar refractivity (Wildman–Crippen MR) is 107 cm³/mol. The second-order valence-corrected chi connectivity index (χ2v) is 7.74. The van der Waals surface area contributed by atoms with Crippen molar-refractivity contribution in [1.82, 2.24) is 24.8 Å². The van der Waals surface area contributed by atoms with Gasteiger partial charge in [-0.2, -0.15) is 9.61 Å². The molecule has 0 aliphatic carbocycles. The van der Waals surface area contributed by atoms with Crippen LogP contribution in [0.4, 0.5) is 0 Å². The van der Waals surface area contributed by atoms with Crippen LogP contribution >= 0.6 is 27.3 Å². The highest BCUT2D eigenvalue weighted by atomic mass is 79.9. The Bertz CT molecular complexity index is 1270. The zero-order valence-corrected chi connectivity index (χ0v) is 16.1. The fourth-order valence-electron chi connectivity index (χ4n) is 3.02. The average Bonchev–Trinajstić information content (AvgIpc) is 3.22. The van der Waals surface area contributed by atoms with E-state index in [1.54, 1.807) is 0 Å². The lowest BCUT2D eigenvalue weighted by Gasteiger charge is -2.04. The first-order chi connectivity index (χ1) is 12.7. The molecule has 3 heterocycles. The average molecular weight is 422 g/mol. The minimum atomic E-state index is 0.727. The van der Waals surface area contributed by atoms with Crippen molar-refractivity contribution in [3.63, 3.8) is 0 Å². The van der Waals surface area contributed by atoms with Crippen LogP contribution in [0.15, 0.2) is 59.1 Å². The number of para-hydroxylation sites is 1. The summed E-state index contributed by atoms with van der Waals surface area (Å²) in [5.74, 6) is 0.727. The van der Waals surface area contributed by atoms with E-state index in [1.165, 1.54) is 11.3 Å². The number of aromatic nitrogens is 5. The Morgan fingerprint density at radius 1 is 0.962 bits per heavy atom. The lowest BCUT2D eigenvalue weighted by Crippen LogP contribution is -1.93. The molecule has 5 aromatic rings. The molecule has 0 unspecified atom stereocenters. The number of halogens is 1. The second kappa shape index (κ2) is 5.96. The van der Waals surface area contributed by atoms with Crippen LogP contribution in [-0.4, -0.2) is 24.8 Å². The van der Waals surface area contributed by atoms with Gasteiger partial charge in [-0.25, -0.2) is 0 Å². The van der Waals surface area contributed by atoms with Crippen LogP contribution in [0.3, 0.4) is 0 Å². The molecule has 0 spiro atoms. The number of benzene rings is 2. The fraction of sp³-hybridized carbons (Fsp3) is 0.0526. The summed E-state index contributed by atoms with van der Waals surface area (Å²) in [7, 11) is 0. The number of pyridine rings is 1. The van der Waals surface area contributed by atoms with E-state index in [9.17, 15) is 0 Å². The molecule has 0 fully saturated rings. The second-order valence-electron chi connectivity index (χ2n) is 5.93. The summed E-state index contributed by atoms with van der Waals surface area (Å²) >= 11 is 5.11. The molecule has 7 heteroatoms. The highest BCUT2D eigenvalue weighted by molar-refractivity contribution is 9.10. The smallest absolute Gasteiger partial charge is 0.235 e. The molecule has 0 bridgehead atoms. The van der Waals surface area contributed by atoms with E-state index in [1.807, 2.05) is 53.9 Å². The van der Waals surface area contributed by atoms with E-state index in [4.69, 9.17) is 5.10 Å². The molecule has 26 heavy (non-hydrogen) atoms. The Morgan fingerprint density at radius 2 is 1.77 bits per heavy atom. The van der Waals surface area contributed by atoms with E-state index in [0.29, 0.717) is 0 Å². The first-order valence-corrected chi connectivity index (χ1v) is 9.65. The summed E-state index contributed by atoms with van der Waals surface area (Å²) in [5.41, 5.74) is 3.98. The molecule has 0 radical (unpaired) electrons. The largest absolute Gasteiger partial charge is 0.253 e.